The van der Waals surface area contributed by atoms with Crippen LogP contribution in [0.1, 0.15) is 0 Å². The predicted octanol–water partition coefficient (Wildman–Crippen LogP) is 10.9. The summed E-state index contributed by atoms with van der Waals surface area (Å²) in [6, 6.07) is 16.0. The second-order valence-corrected chi connectivity index (χ2v) is 24.0. The molecule has 0 aliphatic heterocycles. The highest BCUT2D eigenvalue weighted by Gasteiger charge is 2.31. The quantitative estimate of drug-likeness (QED) is 0.00571. The van der Waals surface area contributed by atoms with Gasteiger partial charge in [0.1, 0.15) is 65.2 Å². The number of hydrogen-bond donors (Lipinski definition) is 11. The topological polar surface area (TPSA) is 545 Å². The molecule has 0 aromatic heterocycles. The van der Waals surface area contributed by atoms with E-state index in [4.69, 9.17) is 29.9 Å². The van der Waals surface area contributed by atoms with Gasteiger partial charge in [0.05, 0.1) is 64.9 Å². The van der Waals surface area contributed by atoms with Gasteiger partial charge in [0, 0.05) is 21.5 Å². The van der Waals surface area contributed by atoms with Crippen LogP contribution in [0.15, 0.2) is 161 Å². The van der Waals surface area contributed by atoms with E-state index in [9.17, 15) is 76.0 Å². The monoisotopic (exact) mass is 1330 g/mol. The molecule has 8 aromatic rings. The minimum atomic E-state index is -5.70. The molecule has 0 saturated carbocycles. The van der Waals surface area contributed by atoms with Crippen LogP contribution in [0.3, 0.4) is 0 Å². The first-order chi connectivity index (χ1) is 40.5. The number of phenolic OH excluding ortho intramolecular Hbond substituents is 3. The van der Waals surface area contributed by atoms with Crippen molar-refractivity contribution >= 4 is 159 Å². The third-order valence-electron chi connectivity index (χ3n) is 11.5. The molecule has 0 amide bonds. The normalized spacial score (nSPS) is 13.1. The molecule has 8 aromatic carbocycles. The summed E-state index contributed by atoms with van der Waals surface area (Å²) in [5, 5.41) is 86.4. The van der Waals surface area contributed by atoms with E-state index < -0.39 is 161 Å². The Morgan fingerprint density at radius 1 is 0.488 bits per heavy atom. The lowest BCUT2D eigenvalue weighted by molar-refractivity contribution is -0.432. The van der Waals surface area contributed by atoms with Crippen molar-refractivity contribution in [3.8, 4) is 34.5 Å². The molecule has 35 nitrogen and oxygen atoms in total. The molecule has 1 unspecified atom stereocenters. The van der Waals surface area contributed by atoms with E-state index in [1.54, 1.807) is 0 Å². The molecule has 86 heavy (non-hydrogen) atoms. The maximum absolute atomic E-state index is 13.2. The Morgan fingerprint density at radius 2 is 0.965 bits per heavy atom. The smallest absolute Gasteiger partial charge is 0.357 e. The van der Waals surface area contributed by atoms with Crippen LogP contribution in [0, 0.1) is 0 Å². The van der Waals surface area contributed by atoms with E-state index in [2.05, 4.69) is 59.7 Å². The zero-order valence-corrected chi connectivity index (χ0v) is 47.9. The minimum Gasteiger partial charge on any atom is -0.505 e. The summed E-state index contributed by atoms with van der Waals surface area (Å²) >= 11 is -2.80. The van der Waals surface area contributed by atoms with Crippen molar-refractivity contribution in [1.29, 1.82) is 0 Å². The standard InChI is InChI=1S/C44H33N9O26S7/c1-73-20-5-3-19(4-6-20)46-51-37-31(81-79-77-58)16-24-22(40(37)54)8-11-27(43(24)85(67,68)69)48-50-36-29(75-82(59)60)13-18-14-32(83(61,62)63)38(35(45)34(18)42(36)56)52-49-28-12-9-23-25(44(28)86(70,71)72)17-33(84(64,65)66)39(41(23)55)53-47-26-10-7-21(74-2)15-30(26)80-78-76-57/h3-17,54-58H,45H2,1-2H3,(H,59,60)(H,61,62,63)(H,64,65,66)(H,67,68,69)(H,70,71,72). The highest BCUT2D eigenvalue weighted by Crippen LogP contribution is 2.53. The van der Waals surface area contributed by atoms with Crippen molar-refractivity contribution in [1.82, 2.24) is 0 Å². The van der Waals surface area contributed by atoms with Gasteiger partial charge in [0.15, 0.2) is 28.7 Å². The number of benzene rings is 8. The fourth-order valence-corrected chi connectivity index (χ4v) is 12.1. The molecule has 0 spiro atoms. The van der Waals surface area contributed by atoms with Crippen LogP contribution in [-0.4, -0.2) is 101 Å². The highest BCUT2D eigenvalue weighted by atomic mass is 32.2. The first-order valence-electron chi connectivity index (χ1n) is 22.3. The number of methoxy groups -OCH3 is 2. The zero-order chi connectivity index (χ0) is 62.8. The van der Waals surface area contributed by atoms with Gasteiger partial charge < -0.3 is 34.7 Å². The number of nitrogen functional groups attached to an aromatic ring is 1. The summed E-state index contributed by atoms with van der Waals surface area (Å²) in [5.74, 6) is -3.54. The van der Waals surface area contributed by atoms with E-state index in [1.165, 1.54) is 56.7 Å². The van der Waals surface area contributed by atoms with E-state index in [0.29, 0.717) is 42.1 Å². The second-order valence-electron chi connectivity index (χ2n) is 16.5. The minimum absolute atomic E-state index is 0.00118. The molecule has 42 heteroatoms. The lowest BCUT2D eigenvalue weighted by Crippen LogP contribution is -2.04. The largest absolute Gasteiger partial charge is 0.505 e. The number of nitrogens with zero attached hydrogens (tertiary/aromatic N) is 8. The lowest BCUT2D eigenvalue weighted by atomic mass is 10.0. The van der Waals surface area contributed by atoms with Crippen molar-refractivity contribution in [2.75, 3.05) is 20.0 Å². The Kier molecular flexibility index (Phi) is 18.8. The average Bonchev–Trinajstić information content (AvgIpc) is 0.838. The number of hydrogen-bond acceptors (Lipinski definition) is 32. The first kappa shape index (κ1) is 63.8. The summed E-state index contributed by atoms with van der Waals surface area (Å²) in [6.07, 6.45) is 0. The molecule has 12 N–H and O–H groups in total. The highest BCUT2D eigenvalue weighted by molar-refractivity contribution is 7.95. The Bertz CT molecular complexity index is 4710. The van der Waals surface area contributed by atoms with Crippen LogP contribution in [0.2, 0.25) is 0 Å². The molecule has 0 bridgehead atoms. The van der Waals surface area contributed by atoms with Gasteiger partial charge >= 0.3 is 11.4 Å². The van der Waals surface area contributed by atoms with Gasteiger partial charge in [0.25, 0.3) is 40.5 Å². The molecule has 0 radical (unpaired) electrons. The van der Waals surface area contributed by atoms with E-state index in [0.717, 1.165) is 24.3 Å². The van der Waals surface area contributed by atoms with Gasteiger partial charge in [-0.05, 0) is 96.4 Å². The Labute approximate surface area is 491 Å². The van der Waals surface area contributed by atoms with Crippen molar-refractivity contribution in [2.45, 2.75) is 29.4 Å². The first-order valence-corrected chi connectivity index (χ1v) is 30.5. The summed E-state index contributed by atoms with van der Waals surface area (Å²) in [7, 11) is -19.6. The second kappa shape index (κ2) is 25.4. The van der Waals surface area contributed by atoms with Crippen LogP contribution in [0.4, 0.5) is 51.2 Å². The third-order valence-corrected chi connectivity index (χ3v) is 16.7. The molecule has 1 atom stereocenters. The number of aromatic hydroxyl groups is 3. The third kappa shape index (κ3) is 13.5. The van der Waals surface area contributed by atoms with Crippen LogP contribution in [0.25, 0.3) is 32.3 Å². The number of nitrogens with two attached hydrogens (primary N) is 1. The summed E-state index contributed by atoms with van der Waals surface area (Å²) in [6.45, 7) is 0. The van der Waals surface area contributed by atoms with E-state index >= 15 is 0 Å². The maximum atomic E-state index is 13.2. The van der Waals surface area contributed by atoms with Gasteiger partial charge in [-0.15, -0.1) is 44.5 Å². The van der Waals surface area contributed by atoms with E-state index in [-0.39, 0.29) is 44.3 Å². The molecular formula is C44H33N9O26S7. The van der Waals surface area contributed by atoms with Gasteiger partial charge in [-0.25, -0.2) is 10.5 Å². The number of phenols is 3. The predicted molar refractivity (Wildman–Crippen MR) is 296 cm³/mol. The van der Waals surface area contributed by atoms with Crippen LogP contribution >= 0.6 is 24.1 Å². The fraction of sp³-hybridized carbons (Fsp3) is 0.0455. The summed E-state index contributed by atoms with van der Waals surface area (Å²) in [5.41, 5.74) is 0.0114. The number of rotatable bonds is 22. The molecule has 452 valence electrons. The van der Waals surface area contributed by atoms with Crippen molar-refractivity contribution < 1.29 is 119 Å². The molecular weight excluding hydrogens is 1290 g/mol. The molecule has 0 aliphatic carbocycles. The molecule has 8 rings (SSSR count). The molecule has 0 aliphatic rings. The van der Waals surface area contributed by atoms with Crippen molar-refractivity contribution in [2.24, 2.45) is 40.9 Å². The number of azo groups is 4. The maximum Gasteiger partial charge on any atom is 0.357 e. The van der Waals surface area contributed by atoms with Gasteiger partial charge in [-0.2, -0.15) is 43.0 Å². The lowest BCUT2D eigenvalue weighted by Gasteiger charge is -2.15. The number of anilines is 1. The van der Waals surface area contributed by atoms with Crippen LogP contribution in [-0.2, 0) is 70.6 Å². The Hall–Kier alpha value is -8.25. The molecule has 0 saturated heterocycles. The summed E-state index contributed by atoms with van der Waals surface area (Å²) < 4.78 is 192. The molecule has 0 heterocycles. The zero-order valence-electron chi connectivity index (χ0n) is 42.2. The Balaban J connectivity index is 1.29. The van der Waals surface area contributed by atoms with Crippen LogP contribution < -0.4 is 19.4 Å². The van der Waals surface area contributed by atoms with Gasteiger partial charge in [0.2, 0.25) is 0 Å². The van der Waals surface area contributed by atoms with Crippen LogP contribution in [0.5, 0.6) is 34.5 Å². The SMILES string of the molecule is COc1ccc(N=Nc2c(SOOO)cc3c(S(=O)(=O)O)c(N=Nc4c(OS(=O)O)cc5cc(S(=O)(=O)O)c(N=Nc6ccc7c(O)c(N=Nc8ccc(OC)cc8SOOO)c(S(=O)(=O)O)cc7c6S(=O)(=O)O)c(N)c5c4O)ccc3c2O)cc1. The summed E-state index contributed by atoms with van der Waals surface area (Å²) in [4.78, 5) is -5.46. The van der Waals surface area contributed by atoms with Crippen molar-refractivity contribution in [3.05, 3.63) is 91.0 Å². The average molecular weight is 1330 g/mol. The van der Waals surface area contributed by atoms with Crippen molar-refractivity contribution in [3.63, 3.8) is 0 Å². The molecule has 0 fully saturated rings. The van der Waals surface area contributed by atoms with Gasteiger partial charge in [-0.1, -0.05) is 10.1 Å². The fourth-order valence-electron chi connectivity index (χ4n) is 7.91. The number of fused-ring (bicyclic) bond motifs is 3. The number of ether oxygens (including phenoxy) is 2. The van der Waals surface area contributed by atoms with E-state index in [1.807, 2.05) is 0 Å². The Morgan fingerprint density at radius 3 is 1.50 bits per heavy atom. The van der Waals surface area contributed by atoms with Gasteiger partial charge in [-0.3, -0.25) is 22.8 Å².